The monoisotopic (exact) mass is 330 g/mol. The molecule has 0 radical (unpaired) electrons. The Bertz CT molecular complexity index is 709. The summed E-state index contributed by atoms with van der Waals surface area (Å²) in [6.45, 7) is -2.02. The zero-order valence-electron chi connectivity index (χ0n) is 11.8. The molecule has 2 rings (SSSR count). The van der Waals surface area contributed by atoms with Crippen molar-refractivity contribution in [1.29, 1.82) is 0 Å². The number of benzene rings is 1. The topological polar surface area (TPSA) is 68.9 Å². The number of ether oxygens (including phenoxy) is 2. The van der Waals surface area contributed by atoms with Crippen molar-refractivity contribution in [2.75, 3.05) is 6.61 Å². The molecule has 1 heterocycles. The van der Waals surface area contributed by atoms with Crippen LogP contribution in [0.3, 0.4) is 0 Å². The maximum atomic E-state index is 12.2. The van der Waals surface area contributed by atoms with E-state index >= 15 is 0 Å². The summed E-state index contributed by atoms with van der Waals surface area (Å²) in [6, 6.07) is 7.11. The van der Waals surface area contributed by atoms with Crippen LogP contribution in [0.2, 0.25) is 0 Å². The number of halogens is 3. The van der Waals surface area contributed by atoms with E-state index in [4.69, 9.17) is 19.0 Å². The molecule has 0 bridgehead atoms. The van der Waals surface area contributed by atoms with E-state index in [0.717, 1.165) is 12.3 Å². The van der Waals surface area contributed by atoms with Crippen molar-refractivity contribution >= 4 is 0 Å². The van der Waals surface area contributed by atoms with Gasteiger partial charge in [0, 0.05) is 11.6 Å². The second-order valence-electron chi connectivity index (χ2n) is 4.53. The summed E-state index contributed by atoms with van der Waals surface area (Å²) in [5, 5.41) is 8.84. The minimum absolute atomic E-state index is 0.0150. The van der Waals surface area contributed by atoms with Gasteiger partial charge in [-0.05, 0) is 6.07 Å². The largest absolute Gasteiger partial charge is 0.484 e. The summed E-state index contributed by atoms with van der Waals surface area (Å²) in [7, 11) is 0. The van der Waals surface area contributed by atoms with Crippen LogP contribution < -0.4 is 14.9 Å². The van der Waals surface area contributed by atoms with Crippen molar-refractivity contribution in [1.82, 2.24) is 0 Å². The third-order valence-electron chi connectivity index (χ3n) is 2.76. The van der Waals surface area contributed by atoms with Crippen LogP contribution in [0.15, 0.2) is 45.8 Å². The molecule has 124 valence electrons. The molecule has 23 heavy (non-hydrogen) atoms. The van der Waals surface area contributed by atoms with E-state index in [-0.39, 0.29) is 23.9 Å². The van der Waals surface area contributed by atoms with Crippen molar-refractivity contribution in [3.05, 3.63) is 58.1 Å². The van der Waals surface area contributed by atoms with Crippen molar-refractivity contribution < 1.29 is 32.2 Å². The molecule has 0 aliphatic rings. The lowest BCUT2D eigenvalue weighted by molar-refractivity contribution is -0.153. The number of para-hydroxylation sites is 1. The smallest absolute Gasteiger partial charge is 0.422 e. The SMILES string of the molecule is O=c1cc(CO)occ1OCc1ccccc1OCC(F)(F)F. The predicted octanol–water partition coefficient (Wildman–Crippen LogP) is 2.65. The van der Waals surface area contributed by atoms with E-state index in [1.54, 1.807) is 6.07 Å². The van der Waals surface area contributed by atoms with Crippen molar-refractivity contribution in [3.63, 3.8) is 0 Å². The van der Waals surface area contributed by atoms with E-state index in [0.29, 0.717) is 5.56 Å². The third-order valence-corrected chi connectivity index (χ3v) is 2.76. The molecule has 0 aliphatic carbocycles. The number of hydrogen-bond acceptors (Lipinski definition) is 5. The highest BCUT2D eigenvalue weighted by Gasteiger charge is 2.28. The fraction of sp³-hybridized carbons (Fsp3) is 0.267. The molecule has 1 aromatic heterocycles. The molecule has 2 aromatic rings. The number of rotatable bonds is 6. The molecule has 8 heteroatoms. The zero-order valence-corrected chi connectivity index (χ0v) is 11.8. The minimum Gasteiger partial charge on any atom is -0.484 e. The Balaban J connectivity index is 2.07. The van der Waals surface area contributed by atoms with Crippen LogP contribution in [-0.4, -0.2) is 17.9 Å². The van der Waals surface area contributed by atoms with Crippen molar-refractivity contribution in [2.24, 2.45) is 0 Å². The summed E-state index contributed by atoms with van der Waals surface area (Å²) in [6.07, 6.45) is -3.41. The van der Waals surface area contributed by atoms with Gasteiger partial charge in [0.2, 0.25) is 11.2 Å². The molecule has 0 atom stereocenters. The summed E-state index contributed by atoms with van der Waals surface area (Å²) >= 11 is 0. The highest BCUT2D eigenvalue weighted by molar-refractivity contribution is 5.33. The molecule has 0 unspecified atom stereocenters. The molecular formula is C15H13F3O5. The summed E-state index contributed by atoms with van der Waals surface area (Å²) in [4.78, 5) is 11.7. The fourth-order valence-electron chi connectivity index (χ4n) is 1.71. The van der Waals surface area contributed by atoms with E-state index in [2.05, 4.69) is 0 Å². The molecule has 1 aromatic carbocycles. The Kier molecular flexibility index (Phi) is 5.28. The van der Waals surface area contributed by atoms with Crippen molar-refractivity contribution in [3.8, 4) is 11.5 Å². The Morgan fingerprint density at radius 3 is 2.52 bits per heavy atom. The van der Waals surface area contributed by atoms with E-state index < -0.39 is 24.8 Å². The Labute approximate surface area is 128 Å². The molecular weight excluding hydrogens is 317 g/mol. The third kappa shape index (κ3) is 5.03. The van der Waals surface area contributed by atoms with Crippen LogP contribution in [-0.2, 0) is 13.2 Å². The van der Waals surface area contributed by atoms with Gasteiger partial charge >= 0.3 is 6.18 Å². The van der Waals surface area contributed by atoms with Gasteiger partial charge in [0.05, 0.1) is 0 Å². The second-order valence-corrected chi connectivity index (χ2v) is 4.53. The highest BCUT2D eigenvalue weighted by Crippen LogP contribution is 2.23. The Morgan fingerprint density at radius 1 is 1.13 bits per heavy atom. The molecule has 0 saturated carbocycles. The first kappa shape index (κ1) is 16.9. The van der Waals surface area contributed by atoms with Crippen LogP contribution in [0.5, 0.6) is 11.5 Å². The lowest BCUT2D eigenvalue weighted by atomic mass is 10.2. The van der Waals surface area contributed by atoms with Gasteiger partial charge in [0.15, 0.2) is 6.61 Å². The fourth-order valence-corrected chi connectivity index (χ4v) is 1.71. The minimum atomic E-state index is -4.45. The molecule has 0 aliphatic heterocycles. The average molecular weight is 330 g/mol. The van der Waals surface area contributed by atoms with Gasteiger partial charge in [0.25, 0.3) is 0 Å². The first-order valence-corrected chi connectivity index (χ1v) is 6.52. The number of alkyl halides is 3. The van der Waals surface area contributed by atoms with E-state index in [9.17, 15) is 18.0 Å². The van der Waals surface area contributed by atoms with Gasteiger partial charge < -0.3 is 19.0 Å². The van der Waals surface area contributed by atoms with Gasteiger partial charge in [-0.1, -0.05) is 18.2 Å². The van der Waals surface area contributed by atoms with Crippen LogP contribution in [0.4, 0.5) is 13.2 Å². The Hall–Kier alpha value is -2.48. The lowest BCUT2D eigenvalue weighted by Gasteiger charge is -2.13. The first-order chi connectivity index (χ1) is 10.9. The van der Waals surface area contributed by atoms with Gasteiger partial charge in [-0.2, -0.15) is 13.2 Å². The maximum absolute atomic E-state index is 12.2. The second kappa shape index (κ2) is 7.19. The molecule has 0 amide bonds. The molecule has 1 N–H and O–H groups in total. The molecule has 0 saturated heterocycles. The number of aliphatic hydroxyl groups is 1. The normalized spacial score (nSPS) is 11.3. The van der Waals surface area contributed by atoms with Gasteiger partial charge in [-0.25, -0.2) is 0 Å². The quantitative estimate of drug-likeness (QED) is 0.882. The molecule has 0 spiro atoms. The van der Waals surface area contributed by atoms with Gasteiger partial charge in [0.1, 0.15) is 31.0 Å². The first-order valence-electron chi connectivity index (χ1n) is 6.52. The zero-order chi connectivity index (χ0) is 16.9. The molecule has 0 fully saturated rings. The Morgan fingerprint density at radius 2 is 1.87 bits per heavy atom. The van der Waals surface area contributed by atoms with Gasteiger partial charge in [-0.3, -0.25) is 4.79 Å². The summed E-state index contributed by atoms with van der Waals surface area (Å²) in [5.41, 5.74) is -0.156. The maximum Gasteiger partial charge on any atom is 0.422 e. The highest BCUT2D eigenvalue weighted by atomic mass is 19.4. The standard InChI is InChI=1S/C15H13F3O5/c16-15(17,18)9-23-13-4-2-1-3-10(13)7-22-14-8-21-11(6-19)5-12(14)20/h1-5,8,19H,6-7,9H2. The molecule has 5 nitrogen and oxygen atoms in total. The van der Waals surface area contributed by atoms with Crippen LogP contribution in [0.25, 0.3) is 0 Å². The van der Waals surface area contributed by atoms with Crippen LogP contribution >= 0.6 is 0 Å². The number of aliphatic hydroxyl groups excluding tert-OH is 1. The number of hydrogen-bond donors (Lipinski definition) is 1. The van der Waals surface area contributed by atoms with E-state index in [1.807, 2.05) is 0 Å². The predicted molar refractivity (Wildman–Crippen MR) is 73.2 cm³/mol. The van der Waals surface area contributed by atoms with Crippen LogP contribution in [0.1, 0.15) is 11.3 Å². The summed E-state index contributed by atoms with van der Waals surface area (Å²) < 4.78 is 51.6. The van der Waals surface area contributed by atoms with Crippen LogP contribution in [0, 0.1) is 0 Å². The average Bonchev–Trinajstić information content (AvgIpc) is 2.51. The summed E-state index contributed by atoms with van der Waals surface area (Å²) in [5.74, 6) is -0.0229. The van der Waals surface area contributed by atoms with E-state index in [1.165, 1.54) is 18.2 Å². The lowest BCUT2D eigenvalue weighted by Crippen LogP contribution is -2.20. The van der Waals surface area contributed by atoms with Crippen molar-refractivity contribution in [2.45, 2.75) is 19.4 Å². The van der Waals surface area contributed by atoms with Gasteiger partial charge in [-0.15, -0.1) is 0 Å².